The average molecular weight is 302 g/mol. The van der Waals surface area contributed by atoms with Gasteiger partial charge in [-0.3, -0.25) is 3.96 Å². The van der Waals surface area contributed by atoms with Crippen molar-refractivity contribution >= 4 is 17.6 Å². The Morgan fingerprint density at radius 2 is 2.20 bits per heavy atom. The molecule has 1 aromatic rings. The molecule has 6 heteroatoms. The number of aryl methyl sites for hydroxylation is 1. The zero-order valence-corrected chi connectivity index (χ0v) is 13.4. The Balaban J connectivity index is 3.16. The van der Waals surface area contributed by atoms with Crippen LogP contribution in [0.25, 0.3) is 0 Å². The zero-order valence-electron chi connectivity index (χ0n) is 12.6. The van der Waals surface area contributed by atoms with Crippen LogP contribution in [0.4, 0.5) is 9.18 Å². The van der Waals surface area contributed by atoms with Crippen molar-refractivity contribution < 1.29 is 13.9 Å². The Kier molecular flexibility index (Phi) is 6.39. The molecule has 0 aliphatic rings. The summed E-state index contributed by atoms with van der Waals surface area (Å²) in [4.78, 5) is 15.5. The van der Waals surface area contributed by atoms with Crippen LogP contribution in [0.5, 0.6) is 0 Å². The lowest BCUT2D eigenvalue weighted by atomic mass is 10.1. The average Bonchev–Trinajstić information content (AvgIpc) is 2.80. The van der Waals surface area contributed by atoms with E-state index in [1.54, 1.807) is 6.92 Å². The van der Waals surface area contributed by atoms with Crippen molar-refractivity contribution in [1.82, 2.24) is 3.96 Å². The van der Waals surface area contributed by atoms with E-state index >= 15 is 0 Å². The van der Waals surface area contributed by atoms with Gasteiger partial charge in [0.15, 0.2) is 0 Å². The summed E-state index contributed by atoms with van der Waals surface area (Å²) in [6.45, 7) is 7.32. The first-order valence-corrected chi connectivity index (χ1v) is 7.71. The molecule has 1 aromatic heterocycles. The number of amides is 1. The largest absolute Gasteiger partial charge is 0.448 e. The van der Waals surface area contributed by atoms with E-state index in [1.807, 2.05) is 24.0 Å². The van der Waals surface area contributed by atoms with Crippen LogP contribution >= 0.6 is 11.5 Å². The van der Waals surface area contributed by atoms with E-state index in [1.165, 1.54) is 11.5 Å². The minimum atomic E-state index is -0.617. The van der Waals surface area contributed by atoms with Crippen molar-refractivity contribution in [1.29, 1.82) is 0 Å². The molecule has 0 radical (unpaired) electrons. The van der Waals surface area contributed by atoms with E-state index in [2.05, 4.69) is 11.9 Å². The molecule has 0 saturated heterocycles. The molecule has 0 saturated carbocycles. The van der Waals surface area contributed by atoms with Gasteiger partial charge in [0, 0.05) is 11.8 Å². The van der Waals surface area contributed by atoms with Crippen LogP contribution in [-0.4, -0.2) is 23.3 Å². The molecule has 0 unspecified atom stereocenters. The first-order valence-electron chi connectivity index (χ1n) is 6.94. The maximum atomic E-state index is 13.1. The van der Waals surface area contributed by atoms with Crippen LogP contribution in [-0.2, 0) is 16.7 Å². The van der Waals surface area contributed by atoms with Crippen molar-refractivity contribution in [3.63, 3.8) is 0 Å². The molecule has 114 valence electrons. The van der Waals surface area contributed by atoms with Gasteiger partial charge in [0.1, 0.15) is 11.3 Å². The number of alkyl halides is 1. The summed E-state index contributed by atoms with van der Waals surface area (Å²) in [6.07, 6.45) is 4.22. The van der Waals surface area contributed by atoms with Crippen molar-refractivity contribution in [3.8, 4) is 0 Å². The molecule has 0 atom stereocenters. The third-order valence-corrected chi connectivity index (χ3v) is 4.24. The lowest BCUT2D eigenvalue weighted by molar-refractivity contribution is 0.162. The minimum absolute atomic E-state index is 0.300. The van der Waals surface area contributed by atoms with Gasteiger partial charge in [-0.1, -0.05) is 13.3 Å². The van der Waals surface area contributed by atoms with Gasteiger partial charge in [0.05, 0.1) is 12.1 Å². The number of ether oxygens (including phenoxy) is 1. The first-order chi connectivity index (χ1) is 9.44. The highest BCUT2D eigenvalue weighted by Gasteiger charge is 2.21. The molecule has 0 aromatic carbocycles. The van der Waals surface area contributed by atoms with Crippen molar-refractivity contribution in [3.05, 3.63) is 16.4 Å². The lowest BCUT2D eigenvalue weighted by Gasteiger charge is -2.21. The highest BCUT2D eigenvalue weighted by Crippen LogP contribution is 2.19. The van der Waals surface area contributed by atoms with Crippen LogP contribution in [0.1, 0.15) is 46.1 Å². The van der Waals surface area contributed by atoms with Crippen LogP contribution in [0.3, 0.4) is 0 Å². The Morgan fingerprint density at radius 1 is 1.50 bits per heavy atom. The molecule has 0 aliphatic carbocycles. The van der Waals surface area contributed by atoms with Crippen LogP contribution in [0.15, 0.2) is 11.2 Å². The van der Waals surface area contributed by atoms with Crippen LogP contribution in [0, 0.1) is 0 Å². The number of carbonyl (C=O) groups excluding carboxylic acids is 1. The molecule has 0 aliphatic heterocycles. The van der Waals surface area contributed by atoms with Gasteiger partial charge in [-0.15, -0.1) is 0 Å². The summed E-state index contributed by atoms with van der Waals surface area (Å²) in [6, 6.07) is 0. The molecule has 1 heterocycles. The van der Waals surface area contributed by atoms with Gasteiger partial charge in [0.25, 0.3) is 0 Å². The van der Waals surface area contributed by atoms with Crippen LogP contribution in [0.2, 0.25) is 0 Å². The molecule has 1 rings (SSSR count). The Bertz CT molecular complexity index is 506. The second kappa shape index (κ2) is 7.57. The third-order valence-electron chi connectivity index (χ3n) is 2.92. The number of halogens is 1. The molecular formula is C14H23FN2O2S. The fourth-order valence-electron chi connectivity index (χ4n) is 1.60. The van der Waals surface area contributed by atoms with Gasteiger partial charge in [-0.25, -0.2) is 9.18 Å². The molecule has 1 amide bonds. The minimum Gasteiger partial charge on any atom is -0.448 e. The second-order valence-corrected chi connectivity index (χ2v) is 6.20. The van der Waals surface area contributed by atoms with Crippen molar-refractivity contribution in [2.75, 3.05) is 13.3 Å². The van der Waals surface area contributed by atoms with Crippen molar-refractivity contribution in [2.45, 2.75) is 52.5 Å². The summed E-state index contributed by atoms with van der Waals surface area (Å²) in [5.41, 5.74) is 0.361. The highest BCUT2D eigenvalue weighted by molar-refractivity contribution is 7.04. The number of hydrogen-bond donors (Lipinski definition) is 0. The van der Waals surface area contributed by atoms with Gasteiger partial charge in [0.2, 0.25) is 0 Å². The third kappa shape index (κ3) is 4.44. The summed E-state index contributed by atoms with van der Waals surface area (Å²) < 4.78 is 20.4. The van der Waals surface area contributed by atoms with E-state index in [-0.39, 0.29) is 0 Å². The first kappa shape index (κ1) is 16.9. The van der Waals surface area contributed by atoms with Gasteiger partial charge in [-0.2, -0.15) is 4.99 Å². The predicted molar refractivity (Wildman–Crippen MR) is 78.8 cm³/mol. The fourth-order valence-corrected chi connectivity index (χ4v) is 2.65. The van der Waals surface area contributed by atoms with E-state index in [4.69, 9.17) is 4.74 Å². The molecule has 0 spiro atoms. The van der Waals surface area contributed by atoms with E-state index in [9.17, 15) is 9.18 Å². The fraction of sp³-hybridized carbons (Fsp3) is 0.714. The smallest absolute Gasteiger partial charge is 0.434 e. The molecule has 20 heavy (non-hydrogen) atoms. The number of hydrogen-bond acceptors (Lipinski definition) is 3. The number of aromatic nitrogens is 1. The monoisotopic (exact) mass is 302 g/mol. The Hall–Kier alpha value is -1.17. The second-order valence-electron chi connectivity index (χ2n) is 5.24. The summed E-state index contributed by atoms with van der Waals surface area (Å²) in [7, 11) is 0. The van der Waals surface area contributed by atoms with Gasteiger partial charge >= 0.3 is 6.09 Å². The Labute approximate surface area is 123 Å². The highest BCUT2D eigenvalue weighted by atomic mass is 32.1. The molecule has 4 nitrogen and oxygen atoms in total. The standard InChI is InChI=1S/C14H23FN2O2S/c1-5-7-8-11-9-17(14(3,4)10-15)20-12(11)16-13(18)19-6-2/h9H,5-8,10H2,1-4H3/b16-12-. The maximum absolute atomic E-state index is 13.1. The number of carbonyl (C=O) groups is 1. The summed E-state index contributed by atoms with van der Waals surface area (Å²) in [5, 5.41) is 0. The zero-order chi connectivity index (χ0) is 15.2. The normalized spacial score (nSPS) is 12.8. The van der Waals surface area contributed by atoms with E-state index in [0.717, 1.165) is 24.8 Å². The van der Waals surface area contributed by atoms with E-state index in [0.29, 0.717) is 11.3 Å². The topological polar surface area (TPSA) is 43.6 Å². The Morgan fingerprint density at radius 3 is 2.75 bits per heavy atom. The number of nitrogens with zero attached hydrogens (tertiary/aromatic N) is 2. The van der Waals surface area contributed by atoms with Crippen LogP contribution < -0.4 is 4.67 Å². The number of unbranched alkanes of at least 4 members (excludes halogenated alkanes) is 1. The van der Waals surface area contributed by atoms with E-state index < -0.39 is 18.3 Å². The molecule has 0 N–H and O–H groups in total. The SMILES string of the molecule is CCCCc1cn(C(C)(C)CF)s/c1=N\C(=O)OCC. The molecule has 0 bridgehead atoms. The van der Waals surface area contributed by atoms with Crippen molar-refractivity contribution in [2.24, 2.45) is 4.99 Å². The maximum Gasteiger partial charge on any atom is 0.434 e. The van der Waals surface area contributed by atoms with Gasteiger partial charge < -0.3 is 4.74 Å². The quantitative estimate of drug-likeness (QED) is 0.805. The predicted octanol–water partition coefficient (Wildman–Crippen LogP) is 3.65. The summed E-state index contributed by atoms with van der Waals surface area (Å²) in [5.74, 6) is 0. The van der Waals surface area contributed by atoms with Gasteiger partial charge in [-0.05, 0) is 45.1 Å². The summed E-state index contributed by atoms with van der Waals surface area (Å²) >= 11 is 1.30. The lowest BCUT2D eigenvalue weighted by Crippen LogP contribution is -2.26. The molecule has 0 fully saturated rings. The number of rotatable bonds is 6. The molecular weight excluding hydrogens is 279 g/mol.